The predicted octanol–water partition coefficient (Wildman–Crippen LogP) is 2.60. The van der Waals surface area contributed by atoms with Crippen LogP contribution in [0.5, 0.6) is 23.0 Å². The van der Waals surface area contributed by atoms with Crippen molar-refractivity contribution in [2.45, 2.75) is 33.2 Å². The van der Waals surface area contributed by atoms with Crippen molar-refractivity contribution in [3.8, 4) is 34.3 Å². The third kappa shape index (κ3) is 4.36. The Hall–Kier alpha value is -3.00. The summed E-state index contributed by atoms with van der Waals surface area (Å²) in [4.78, 5) is 0. The van der Waals surface area contributed by atoms with Crippen LogP contribution in [-0.2, 0) is 19.4 Å². The van der Waals surface area contributed by atoms with Crippen molar-refractivity contribution in [1.29, 1.82) is 0 Å². The molecule has 1 aromatic heterocycles. The molecule has 0 N–H and O–H groups in total. The second kappa shape index (κ2) is 10.5. The minimum absolute atomic E-state index is 0. The van der Waals surface area contributed by atoms with Crippen LogP contribution in [0, 0.1) is 13.8 Å². The summed E-state index contributed by atoms with van der Waals surface area (Å²) in [6.45, 7) is 5.20. The van der Waals surface area contributed by atoms with Gasteiger partial charge in [0, 0.05) is 23.8 Å². The fourth-order valence-corrected chi connectivity index (χ4v) is 5.24. The Morgan fingerprint density at radius 1 is 0.750 bits per heavy atom. The number of halogens is 1. The van der Waals surface area contributed by atoms with E-state index in [9.17, 15) is 0 Å². The molecule has 1 aliphatic rings. The zero-order chi connectivity index (χ0) is 24.7. The smallest absolute Gasteiger partial charge is 0.217 e. The van der Waals surface area contributed by atoms with Crippen LogP contribution in [-0.4, -0.2) is 28.4 Å². The molecule has 0 amide bonds. The van der Waals surface area contributed by atoms with Crippen LogP contribution in [0.2, 0.25) is 0 Å². The summed E-state index contributed by atoms with van der Waals surface area (Å²) in [5, 5.41) is 2.22. The first-order chi connectivity index (χ1) is 17.0. The second-order valence-electron chi connectivity index (χ2n) is 9.12. The largest absolute Gasteiger partial charge is 1.00 e. The van der Waals surface area contributed by atoms with Gasteiger partial charge in [0.25, 0.3) is 0 Å². The van der Waals surface area contributed by atoms with Crippen molar-refractivity contribution in [1.82, 2.24) is 0 Å². The van der Waals surface area contributed by atoms with Crippen molar-refractivity contribution < 1.29 is 47.5 Å². The highest BCUT2D eigenvalue weighted by molar-refractivity contribution is 5.95. The minimum Gasteiger partial charge on any atom is -1.00 e. The van der Waals surface area contributed by atoms with Gasteiger partial charge in [0.15, 0.2) is 35.7 Å². The molecule has 0 spiro atoms. The van der Waals surface area contributed by atoms with Crippen molar-refractivity contribution in [3.05, 3.63) is 76.5 Å². The van der Waals surface area contributed by atoms with Crippen LogP contribution < -0.4 is 47.5 Å². The Kier molecular flexibility index (Phi) is 7.64. The number of hydrogen-bond donors (Lipinski definition) is 0. The van der Waals surface area contributed by atoms with Crippen molar-refractivity contribution in [2.75, 3.05) is 28.4 Å². The van der Waals surface area contributed by atoms with Gasteiger partial charge in [0.1, 0.15) is 0 Å². The van der Waals surface area contributed by atoms with E-state index in [1.54, 1.807) is 28.4 Å². The lowest BCUT2D eigenvalue weighted by Crippen LogP contribution is -3.00. The maximum Gasteiger partial charge on any atom is 0.217 e. The molecule has 0 radical (unpaired) electrons. The van der Waals surface area contributed by atoms with E-state index in [1.165, 1.54) is 39.1 Å². The molecule has 0 bridgehead atoms. The number of nitrogens with zero attached hydrogens (tertiary/aromatic N) is 1. The molecule has 5 nitrogen and oxygen atoms in total. The fraction of sp³-hybridized carbons (Fsp3) is 0.300. The van der Waals surface area contributed by atoms with Crippen LogP contribution in [0.15, 0.2) is 48.7 Å². The van der Waals surface area contributed by atoms with Gasteiger partial charge in [0.2, 0.25) is 5.69 Å². The molecule has 0 fully saturated rings. The van der Waals surface area contributed by atoms with Gasteiger partial charge in [-0.25, -0.2) is 0 Å². The van der Waals surface area contributed by atoms with E-state index in [1.807, 2.05) is 6.07 Å². The Labute approximate surface area is 230 Å². The molecule has 6 heteroatoms. The van der Waals surface area contributed by atoms with E-state index < -0.39 is 0 Å². The average molecular weight is 597 g/mol. The lowest BCUT2D eigenvalue weighted by atomic mass is 9.88. The summed E-state index contributed by atoms with van der Waals surface area (Å²) in [5.74, 6) is 3.01. The van der Waals surface area contributed by atoms with Crippen LogP contribution in [0.25, 0.3) is 22.0 Å². The lowest BCUT2D eigenvalue weighted by molar-refractivity contribution is -0.686. The molecule has 0 saturated heterocycles. The van der Waals surface area contributed by atoms with Gasteiger partial charge < -0.3 is 42.9 Å². The van der Waals surface area contributed by atoms with Crippen molar-refractivity contribution >= 4 is 10.8 Å². The Morgan fingerprint density at radius 2 is 1.47 bits per heavy atom. The predicted molar refractivity (Wildman–Crippen MR) is 138 cm³/mol. The van der Waals surface area contributed by atoms with E-state index in [0.717, 1.165) is 53.2 Å². The highest BCUT2D eigenvalue weighted by atomic mass is 127. The normalized spacial score (nSPS) is 11.8. The molecule has 2 heterocycles. The molecule has 0 unspecified atom stereocenters. The topological polar surface area (TPSA) is 40.8 Å². The van der Waals surface area contributed by atoms with E-state index in [4.69, 9.17) is 18.9 Å². The van der Waals surface area contributed by atoms with Gasteiger partial charge in [-0.15, -0.1) is 0 Å². The first-order valence-electron chi connectivity index (χ1n) is 11.9. The molecule has 0 aliphatic carbocycles. The monoisotopic (exact) mass is 597 g/mol. The van der Waals surface area contributed by atoms with Crippen LogP contribution in [0.4, 0.5) is 0 Å². The molecule has 5 rings (SSSR count). The van der Waals surface area contributed by atoms with E-state index >= 15 is 0 Å². The number of rotatable bonds is 6. The molecule has 0 saturated carbocycles. The quantitative estimate of drug-likeness (QED) is 0.253. The zero-order valence-corrected chi connectivity index (χ0v) is 23.9. The molecule has 1 aliphatic heterocycles. The Balaban J connectivity index is 0.00000304. The summed E-state index contributed by atoms with van der Waals surface area (Å²) in [7, 11) is 6.76. The molecule has 36 heavy (non-hydrogen) atoms. The van der Waals surface area contributed by atoms with E-state index in [2.05, 4.69) is 61.0 Å². The zero-order valence-electron chi connectivity index (χ0n) is 21.7. The van der Waals surface area contributed by atoms with E-state index in [-0.39, 0.29) is 24.0 Å². The third-order valence-corrected chi connectivity index (χ3v) is 7.21. The average Bonchev–Trinajstić information content (AvgIpc) is 2.88. The number of ether oxygens (including phenoxy) is 4. The second-order valence-corrected chi connectivity index (χ2v) is 9.12. The maximum atomic E-state index is 5.84. The first-order valence-corrected chi connectivity index (χ1v) is 11.9. The summed E-state index contributed by atoms with van der Waals surface area (Å²) < 4.78 is 25.1. The molecular weight excluding hydrogens is 565 g/mol. The van der Waals surface area contributed by atoms with Gasteiger partial charge in [-0.1, -0.05) is 18.2 Å². The molecule has 188 valence electrons. The van der Waals surface area contributed by atoms with Gasteiger partial charge in [0.05, 0.1) is 39.4 Å². The molecule has 3 aromatic carbocycles. The Morgan fingerprint density at radius 3 is 2.14 bits per heavy atom. The highest BCUT2D eigenvalue weighted by Crippen LogP contribution is 2.43. The molecular formula is C30H32INO4. The fourth-order valence-electron chi connectivity index (χ4n) is 5.24. The first kappa shape index (κ1) is 26.1. The van der Waals surface area contributed by atoms with Gasteiger partial charge in [-0.3, -0.25) is 0 Å². The standard InChI is InChI=1S/C30H32NO4.HI/c1-18-7-8-20(13-19(18)2)14-24-22-9-10-26(32-3)30(35-6)25(22)17-31-12-11-21-15-27(33-4)28(34-5)16-23(21)29(24)31;/h7-10,13,15-17H,11-12,14H2,1-6H3;1H/q+1;/p-1. The van der Waals surface area contributed by atoms with Crippen molar-refractivity contribution in [3.63, 3.8) is 0 Å². The highest BCUT2D eigenvalue weighted by Gasteiger charge is 2.31. The molecule has 0 atom stereocenters. The lowest BCUT2D eigenvalue weighted by Gasteiger charge is -2.22. The van der Waals surface area contributed by atoms with Crippen LogP contribution >= 0.6 is 0 Å². The Bertz CT molecular complexity index is 1450. The number of pyridine rings is 1. The number of benzene rings is 3. The van der Waals surface area contributed by atoms with Crippen LogP contribution in [0.3, 0.4) is 0 Å². The minimum atomic E-state index is 0. The van der Waals surface area contributed by atoms with Crippen LogP contribution in [0.1, 0.15) is 27.8 Å². The summed E-state index contributed by atoms with van der Waals surface area (Å²) >= 11 is 0. The van der Waals surface area contributed by atoms with E-state index in [0.29, 0.717) is 0 Å². The SMILES string of the molecule is COc1cc2c(cc1OC)-c1c(Cc3ccc(C)c(C)c3)c3ccc(OC)c(OC)c3c[n+]1CC2.[I-]. The number of methoxy groups -OCH3 is 4. The molecule has 4 aromatic rings. The number of aryl methyl sites for hydroxylation is 4. The summed E-state index contributed by atoms with van der Waals surface area (Å²) in [6, 6.07) is 15.1. The number of aromatic nitrogens is 1. The van der Waals surface area contributed by atoms with Gasteiger partial charge in [-0.05, 0) is 60.4 Å². The van der Waals surface area contributed by atoms with Crippen molar-refractivity contribution in [2.24, 2.45) is 0 Å². The van der Waals surface area contributed by atoms with Gasteiger partial charge >= 0.3 is 0 Å². The third-order valence-electron chi connectivity index (χ3n) is 7.21. The number of fused-ring (bicyclic) bond motifs is 4. The van der Waals surface area contributed by atoms with Gasteiger partial charge in [-0.2, -0.15) is 4.57 Å². The summed E-state index contributed by atoms with van der Waals surface area (Å²) in [6.07, 6.45) is 3.92. The summed E-state index contributed by atoms with van der Waals surface area (Å²) in [5.41, 5.74) is 8.82. The maximum absolute atomic E-state index is 5.84. The number of hydrogen-bond acceptors (Lipinski definition) is 4.